The maximum atomic E-state index is 11.7. The predicted molar refractivity (Wildman–Crippen MR) is 105 cm³/mol. The van der Waals surface area contributed by atoms with Gasteiger partial charge in [-0.15, -0.1) is 12.8 Å². The first-order valence-electron chi connectivity index (χ1n) is 8.59. The number of hydrogen-bond acceptors (Lipinski definition) is 6. The number of anilines is 3. The molecule has 0 unspecified atom stereocenters. The number of amides is 2. The Labute approximate surface area is 223 Å². The van der Waals surface area contributed by atoms with Gasteiger partial charge in [-0.1, -0.05) is 0 Å². The Morgan fingerprint density at radius 1 is 1.17 bits per heavy atom. The molecule has 1 aliphatic heterocycles. The summed E-state index contributed by atoms with van der Waals surface area (Å²) in [5, 5.41) is 5.39. The van der Waals surface area contributed by atoms with Gasteiger partial charge in [0.2, 0.25) is 6.41 Å². The van der Waals surface area contributed by atoms with Gasteiger partial charge < -0.3 is 43.6 Å². The van der Waals surface area contributed by atoms with Crippen LogP contribution >= 0.6 is 0 Å². The monoisotopic (exact) mass is 555 g/mol. The molecule has 10 heteroatoms. The molecule has 8 nitrogen and oxygen atoms in total. The van der Waals surface area contributed by atoms with Crippen molar-refractivity contribution in [2.75, 3.05) is 48.9 Å². The number of nitrogens with one attached hydrogen (secondary N) is 2. The fourth-order valence-corrected chi connectivity index (χ4v) is 2.29. The van der Waals surface area contributed by atoms with Crippen LogP contribution in [0.15, 0.2) is 12.1 Å². The number of ketones is 1. The number of rotatable bonds is 7. The summed E-state index contributed by atoms with van der Waals surface area (Å²) in [5.74, 6) is 0.475. The summed E-state index contributed by atoms with van der Waals surface area (Å²) in [4.78, 5) is 34.3. The molecule has 2 N–H and O–H groups in total. The average Bonchev–Trinajstić information content (AvgIpc) is 2.69. The zero-order valence-corrected chi connectivity index (χ0v) is 22.7. The molecule has 0 spiro atoms. The number of benzene rings is 1. The molecule has 1 aromatic rings. The van der Waals surface area contributed by atoms with E-state index in [1.54, 1.807) is 12.1 Å². The van der Waals surface area contributed by atoms with E-state index in [-0.39, 0.29) is 83.5 Å². The van der Waals surface area contributed by atoms with E-state index in [1.165, 1.54) is 14.0 Å². The van der Waals surface area contributed by atoms with Crippen LogP contribution in [0.3, 0.4) is 0 Å². The molecule has 1 aliphatic rings. The van der Waals surface area contributed by atoms with Crippen molar-refractivity contribution < 1.29 is 89.3 Å². The third-order valence-electron chi connectivity index (χ3n) is 3.74. The number of morpholine rings is 1. The molecular formula is C19H27N3O5Y2-2. The molecular weight excluding hydrogens is 528 g/mol. The smallest absolute Gasteiger partial charge is 0.211 e. The van der Waals surface area contributed by atoms with Crippen molar-refractivity contribution in [3.63, 3.8) is 0 Å². The molecule has 0 saturated carbocycles. The summed E-state index contributed by atoms with van der Waals surface area (Å²) in [5.41, 5.74) is 1.94. The van der Waals surface area contributed by atoms with Crippen LogP contribution in [0, 0.1) is 13.8 Å². The van der Waals surface area contributed by atoms with Crippen molar-refractivity contribution in [3.8, 4) is 5.75 Å². The van der Waals surface area contributed by atoms with Crippen LogP contribution in [-0.2, 0) is 84.5 Å². The molecule has 1 fully saturated rings. The molecule has 2 rings (SSSR count). The minimum Gasteiger partial charge on any atom is -0.494 e. The second-order valence-electron chi connectivity index (χ2n) is 5.68. The summed E-state index contributed by atoms with van der Waals surface area (Å²) >= 11 is 0. The number of ether oxygens (including phenoxy) is 2. The molecule has 0 aromatic heterocycles. The molecule has 29 heavy (non-hydrogen) atoms. The maximum absolute atomic E-state index is 11.7. The van der Waals surface area contributed by atoms with Crippen molar-refractivity contribution in [1.29, 1.82) is 0 Å². The molecule has 1 heterocycles. The van der Waals surface area contributed by atoms with Gasteiger partial charge in [0.1, 0.15) is 5.75 Å². The number of hydrogen-bond donors (Lipinski definition) is 2. The number of Topliss-reactive ketones (excluding diaryl/α,β-unsaturated/α-hetero) is 1. The van der Waals surface area contributed by atoms with E-state index in [1.807, 2.05) is 0 Å². The van der Waals surface area contributed by atoms with Gasteiger partial charge >= 0.3 is 0 Å². The largest absolute Gasteiger partial charge is 0.494 e. The van der Waals surface area contributed by atoms with Gasteiger partial charge in [0.25, 0.3) is 0 Å². The number of carbonyl (C=O) groups is 3. The normalized spacial score (nSPS) is 12.2. The Hall–Kier alpha value is -0.402. The van der Waals surface area contributed by atoms with Gasteiger partial charge in [-0.2, -0.15) is 0 Å². The average molecular weight is 555 g/mol. The van der Waals surface area contributed by atoms with Gasteiger partial charge in [-0.25, -0.2) is 0 Å². The minimum absolute atomic E-state index is 0. The SMILES string of the molecule is [CH2-]CC(=O)Nc1cc(NC=O)c(OC)cc1N1CCOCC1.[CH2-]CC(C)=O.[Y].[Y]. The van der Waals surface area contributed by atoms with Crippen LogP contribution in [0.2, 0.25) is 0 Å². The van der Waals surface area contributed by atoms with E-state index < -0.39 is 0 Å². The molecule has 2 amide bonds. The first kappa shape index (κ1) is 30.8. The second kappa shape index (κ2) is 17.3. The number of nitrogens with zero attached hydrogens (tertiary/aromatic N) is 1. The Morgan fingerprint density at radius 3 is 2.21 bits per heavy atom. The summed E-state index contributed by atoms with van der Waals surface area (Å²) in [6.07, 6.45) is 1.12. The van der Waals surface area contributed by atoms with Gasteiger partial charge in [0.05, 0.1) is 43.2 Å². The first-order chi connectivity index (χ1) is 13.0. The van der Waals surface area contributed by atoms with Crippen molar-refractivity contribution in [2.45, 2.75) is 19.8 Å². The fourth-order valence-electron chi connectivity index (χ4n) is 2.29. The van der Waals surface area contributed by atoms with E-state index in [9.17, 15) is 14.4 Å². The number of carbonyl (C=O) groups excluding carboxylic acids is 3. The van der Waals surface area contributed by atoms with Gasteiger partial charge in [0, 0.05) is 84.6 Å². The van der Waals surface area contributed by atoms with E-state index in [0.29, 0.717) is 43.2 Å². The zero-order chi connectivity index (χ0) is 20.2. The topological polar surface area (TPSA) is 97.0 Å². The van der Waals surface area contributed by atoms with Crippen LogP contribution < -0.4 is 20.3 Å². The molecule has 0 atom stereocenters. The summed E-state index contributed by atoms with van der Waals surface area (Å²) in [6, 6.07) is 3.49. The minimum atomic E-state index is -0.197. The molecule has 2 radical (unpaired) electrons. The van der Waals surface area contributed by atoms with Gasteiger partial charge in [0.15, 0.2) is 5.91 Å². The van der Waals surface area contributed by atoms with E-state index in [0.717, 1.165) is 18.8 Å². The van der Waals surface area contributed by atoms with Crippen LogP contribution in [-0.4, -0.2) is 51.5 Å². The quantitative estimate of drug-likeness (QED) is 0.395. The van der Waals surface area contributed by atoms with Crippen molar-refractivity contribution in [2.24, 2.45) is 0 Å². The van der Waals surface area contributed by atoms with E-state index in [4.69, 9.17) is 9.47 Å². The Bertz CT molecular complexity index is 653. The summed E-state index contributed by atoms with van der Waals surface area (Å²) < 4.78 is 10.7. The van der Waals surface area contributed by atoms with Crippen LogP contribution in [0.5, 0.6) is 5.75 Å². The molecule has 1 saturated heterocycles. The third kappa shape index (κ3) is 11.0. The zero-order valence-electron chi connectivity index (χ0n) is 17.0. The predicted octanol–water partition coefficient (Wildman–Crippen LogP) is 2.06. The summed E-state index contributed by atoms with van der Waals surface area (Å²) in [6.45, 7) is 11.1. The summed E-state index contributed by atoms with van der Waals surface area (Å²) in [7, 11) is 1.53. The Balaban J connectivity index is 0. The molecule has 156 valence electrons. The van der Waals surface area contributed by atoms with E-state index in [2.05, 4.69) is 29.4 Å². The fraction of sp³-hybridized carbons (Fsp3) is 0.421. The van der Waals surface area contributed by atoms with Crippen LogP contribution in [0.4, 0.5) is 17.1 Å². The van der Waals surface area contributed by atoms with Crippen molar-refractivity contribution in [1.82, 2.24) is 0 Å². The number of methoxy groups -OCH3 is 1. The van der Waals surface area contributed by atoms with Crippen LogP contribution in [0.1, 0.15) is 19.8 Å². The third-order valence-corrected chi connectivity index (χ3v) is 3.74. The van der Waals surface area contributed by atoms with Crippen LogP contribution in [0.25, 0.3) is 0 Å². The van der Waals surface area contributed by atoms with Gasteiger partial charge in [-0.3, -0.25) is 9.59 Å². The standard InChI is InChI=1S/C15H20N3O4.C4H7O.2Y/c1-3-15(20)17-11-8-12(16-10-19)14(21-2)9-13(11)18-4-6-22-7-5-18;1-3-4(2)5;;/h8-10H,1,3-7H2,2H3,(H,16,19)(H,17,20);1,3H2,2H3;;/q2*-1;;. The Morgan fingerprint density at radius 2 is 1.76 bits per heavy atom. The van der Waals surface area contributed by atoms with Crippen molar-refractivity contribution in [3.05, 3.63) is 26.0 Å². The first-order valence-corrected chi connectivity index (χ1v) is 8.59. The van der Waals surface area contributed by atoms with E-state index >= 15 is 0 Å². The molecule has 1 aromatic carbocycles. The van der Waals surface area contributed by atoms with Gasteiger partial charge in [-0.05, 0) is 13.0 Å². The maximum Gasteiger partial charge on any atom is 0.211 e. The molecule has 0 bridgehead atoms. The Kier molecular flexibility index (Phi) is 18.4. The second-order valence-corrected chi connectivity index (χ2v) is 5.68. The van der Waals surface area contributed by atoms with Crippen molar-refractivity contribution >= 4 is 35.2 Å². The molecule has 0 aliphatic carbocycles.